The van der Waals surface area contributed by atoms with E-state index in [0.29, 0.717) is 18.2 Å². The first kappa shape index (κ1) is 15.4. The number of anilines is 1. The van der Waals surface area contributed by atoms with Gasteiger partial charge in [-0.05, 0) is 37.8 Å². The number of amides is 2. The number of rotatable bonds is 6. The molecular weight excluding hydrogens is 268 g/mol. The van der Waals surface area contributed by atoms with Crippen LogP contribution in [0.25, 0.3) is 0 Å². The molecule has 0 saturated heterocycles. The summed E-state index contributed by atoms with van der Waals surface area (Å²) < 4.78 is 0. The van der Waals surface area contributed by atoms with Crippen LogP contribution in [0, 0.1) is 5.92 Å². The van der Waals surface area contributed by atoms with Crippen LogP contribution in [0.2, 0.25) is 0 Å². The molecule has 0 heterocycles. The molecule has 1 saturated carbocycles. The van der Waals surface area contributed by atoms with Crippen LogP contribution in [0.5, 0.6) is 0 Å². The van der Waals surface area contributed by atoms with Gasteiger partial charge in [-0.3, -0.25) is 9.69 Å². The molecule has 1 aliphatic carbocycles. The molecule has 0 unspecified atom stereocenters. The first-order valence-corrected chi connectivity index (χ1v) is 7.45. The molecule has 0 radical (unpaired) electrons. The molecule has 1 aromatic carbocycles. The van der Waals surface area contributed by atoms with Gasteiger partial charge in [0.15, 0.2) is 0 Å². The van der Waals surface area contributed by atoms with Gasteiger partial charge in [0, 0.05) is 18.8 Å². The monoisotopic (exact) mass is 290 g/mol. The molecule has 2 rings (SSSR count). The van der Waals surface area contributed by atoms with Crippen LogP contribution in [-0.4, -0.2) is 41.6 Å². The number of carboxylic acids is 1. The molecule has 114 valence electrons. The fourth-order valence-corrected chi connectivity index (χ4v) is 2.51. The summed E-state index contributed by atoms with van der Waals surface area (Å²) in [5, 5.41) is 9.08. The Morgan fingerprint density at radius 3 is 2.38 bits per heavy atom. The third kappa shape index (κ3) is 3.97. The van der Waals surface area contributed by atoms with E-state index in [0.717, 1.165) is 19.4 Å². The highest BCUT2D eigenvalue weighted by Crippen LogP contribution is 2.27. The Labute approximate surface area is 125 Å². The van der Waals surface area contributed by atoms with Crippen molar-refractivity contribution in [3.05, 3.63) is 30.3 Å². The van der Waals surface area contributed by atoms with Crippen molar-refractivity contribution < 1.29 is 14.7 Å². The summed E-state index contributed by atoms with van der Waals surface area (Å²) in [7, 11) is 0. The topological polar surface area (TPSA) is 60.9 Å². The molecular formula is C16H22N2O3. The number of hydrogen-bond donors (Lipinski definition) is 1. The Bertz CT molecular complexity index is 486. The second-order valence-electron chi connectivity index (χ2n) is 5.43. The third-order valence-corrected chi connectivity index (χ3v) is 3.95. The number of hydrogen-bond acceptors (Lipinski definition) is 2. The van der Waals surface area contributed by atoms with E-state index in [1.54, 1.807) is 29.2 Å². The van der Waals surface area contributed by atoms with Gasteiger partial charge < -0.3 is 10.0 Å². The van der Waals surface area contributed by atoms with Crippen molar-refractivity contribution in [1.29, 1.82) is 0 Å². The van der Waals surface area contributed by atoms with Gasteiger partial charge in [-0.2, -0.15) is 0 Å². The largest absolute Gasteiger partial charge is 0.480 e. The number of carbonyl (C=O) groups excluding carboxylic acids is 1. The third-order valence-electron chi connectivity index (χ3n) is 3.95. The summed E-state index contributed by atoms with van der Waals surface area (Å²) in [6, 6.07) is 8.76. The molecule has 0 aliphatic heterocycles. The molecule has 21 heavy (non-hydrogen) atoms. The van der Waals surface area contributed by atoms with E-state index >= 15 is 0 Å². The molecule has 5 heteroatoms. The first-order chi connectivity index (χ1) is 10.1. The molecule has 0 bridgehead atoms. The standard InChI is InChI=1S/C16H22N2O3/c1-2-17(11-13-7-6-8-13)16(21)18(12-15(19)20)14-9-4-3-5-10-14/h3-5,9-10,13H,2,6-8,11-12H2,1H3,(H,19,20). The van der Waals surface area contributed by atoms with E-state index in [9.17, 15) is 9.59 Å². The van der Waals surface area contributed by atoms with Crippen molar-refractivity contribution in [2.75, 3.05) is 24.5 Å². The first-order valence-electron chi connectivity index (χ1n) is 7.45. The molecule has 2 amide bonds. The molecule has 0 spiro atoms. The average molecular weight is 290 g/mol. The molecule has 5 nitrogen and oxygen atoms in total. The Hall–Kier alpha value is -2.04. The van der Waals surface area contributed by atoms with Crippen molar-refractivity contribution in [1.82, 2.24) is 4.90 Å². The molecule has 0 aromatic heterocycles. The van der Waals surface area contributed by atoms with Crippen LogP contribution in [0.3, 0.4) is 0 Å². The summed E-state index contributed by atoms with van der Waals surface area (Å²) in [6.07, 6.45) is 3.55. The van der Waals surface area contributed by atoms with Crippen LogP contribution in [0.15, 0.2) is 30.3 Å². The molecule has 1 aromatic rings. The summed E-state index contributed by atoms with van der Waals surface area (Å²) >= 11 is 0. The van der Waals surface area contributed by atoms with E-state index in [1.807, 2.05) is 13.0 Å². The van der Waals surface area contributed by atoms with Crippen molar-refractivity contribution in [3.8, 4) is 0 Å². The van der Waals surface area contributed by atoms with Gasteiger partial charge in [0.2, 0.25) is 0 Å². The van der Waals surface area contributed by atoms with Crippen LogP contribution < -0.4 is 4.90 Å². The van der Waals surface area contributed by atoms with Gasteiger partial charge in [0.25, 0.3) is 0 Å². The van der Waals surface area contributed by atoms with Gasteiger partial charge in [-0.1, -0.05) is 24.6 Å². The maximum atomic E-state index is 12.7. The zero-order chi connectivity index (χ0) is 15.2. The Balaban J connectivity index is 2.13. The van der Waals surface area contributed by atoms with Gasteiger partial charge >= 0.3 is 12.0 Å². The molecule has 1 aliphatic rings. The quantitative estimate of drug-likeness (QED) is 0.876. The van der Waals surface area contributed by atoms with E-state index in [1.165, 1.54) is 11.3 Å². The normalized spacial score (nSPS) is 14.3. The fraction of sp³-hybridized carbons (Fsp3) is 0.500. The number of nitrogens with zero attached hydrogens (tertiary/aromatic N) is 2. The lowest BCUT2D eigenvalue weighted by atomic mass is 9.85. The average Bonchev–Trinajstić information content (AvgIpc) is 2.44. The van der Waals surface area contributed by atoms with Crippen molar-refractivity contribution >= 4 is 17.7 Å². The van der Waals surface area contributed by atoms with E-state index in [-0.39, 0.29) is 12.6 Å². The van der Waals surface area contributed by atoms with Crippen LogP contribution >= 0.6 is 0 Å². The minimum Gasteiger partial charge on any atom is -0.480 e. The number of para-hydroxylation sites is 1. The second kappa shape index (κ2) is 7.11. The van der Waals surface area contributed by atoms with Gasteiger partial charge in [0.1, 0.15) is 6.54 Å². The maximum Gasteiger partial charge on any atom is 0.325 e. The molecule has 1 fully saturated rings. The summed E-state index contributed by atoms with van der Waals surface area (Å²) in [6.45, 7) is 2.93. The van der Waals surface area contributed by atoms with Crippen LogP contribution in [0.4, 0.5) is 10.5 Å². The Kier molecular flexibility index (Phi) is 5.20. The predicted molar refractivity (Wildman–Crippen MR) is 81.4 cm³/mol. The number of carbonyl (C=O) groups is 2. The highest BCUT2D eigenvalue weighted by Gasteiger charge is 2.27. The molecule has 0 atom stereocenters. The number of carboxylic acid groups (broad SMARTS) is 1. The highest BCUT2D eigenvalue weighted by molar-refractivity contribution is 5.96. The lowest BCUT2D eigenvalue weighted by molar-refractivity contribution is -0.135. The van der Waals surface area contributed by atoms with Crippen LogP contribution in [-0.2, 0) is 4.79 Å². The highest BCUT2D eigenvalue weighted by atomic mass is 16.4. The second-order valence-corrected chi connectivity index (χ2v) is 5.43. The SMILES string of the molecule is CCN(CC1CCC1)C(=O)N(CC(=O)O)c1ccccc1. The number of urea groups is 1. The lowest BCUT2D eigenvalue weighted by Crippen LogP contribution is -2.47. The van der Waals surface area contributed by atoms with Gasteiger partial charge in [0.05, 0.1) is 0 Å². The van der Waals surface area contributed by atoms with Crippen molar-refractivity contribution in [3.63, 3.8) is 0 Å². The summed E-state index contributed by atoms with van der Waals surface area (Å²) in [5.41, 5.74) is 0.622. The smallest absolute Gasteiger partial charge is 0.325 e. The number of aliphatic carboxylic acids is 1. The fourth-order valence-electron chi connectivity index (χ4n) is 2.51. The van der Waals surface area contributed by atoms with Crippen molar-refractivity contribution in [2.24, 2.45) is 5.92 Å². The minimum absolute atomic E-state index is 0.224. The van der Waals surface area contributed by atoms with Gasteiger partial charge in [-0.25, -0.2) is 4.79 Å². The Morgan fingerprint density at radius 1 is 1.24 bits per heavy atom. The van der Waals surface area contributed by atoms with Crippen LogP contribution in [0.1, 0.15) is 26.2 Å². The molecule has 1 N–H and O–H groups in total. The Morgan fingerprint density at radius 2 is 1.90 bits per heavy atom. The van der Waals surface area contributed by atoms with Gasteiger partial charge in [-0.15, -0.1) is 0 Å². The zero-order valence-corrected chi connectivity index (χ0v) is 12.4. The minimum atomic E-state index is -1.01. The predicted octanol–water partition coefficient (Wildman–Crippen LogP) is 2.82. The van der Waals surface area contributed by atoms with Crippen molar-refractivity contribution in [2.45, 2.75) is 26.2 Å². The van der Waals surface area contributed by atoms with E-state index < -0.39 is 5.97 Å². The number of benzene rings is 1. The van der Waals surface area contributed by atoms with E-state index in [4.69, 9.17) is 5.11 Å². The lowest BCUT2D eigenvalue weighted by Gasteiger charge is -2.34. The summed E-state index contributed by atoms with van der Waals surface area (Å²) in [5.74, 6) is -0.441. The maximum absolute atomic E-state index is 12.7. The van der Waals surface area contributed by atoms with E-state index in [2.05, 4.69) is 0 Å². The zero-order valence-electron chi connectivity index (χ0n) is 12.4. The summed E-state index contributed by atoms with van der Waals surface area (Å²) in [4.78, 5) is 26.8.